The Labute approximate surface area is 227 Å². The molecule has 3 N–H and O–H groups in total. The molecule has 0 saturated carbocycles. The van der Waals surface area contributed by atoms with Gasteiger partial charge in [-0.2, -0.15) is 13.2 Å². The van der Waals surface area contributed by atoms with Crippen LogP contribution < -0.4 is 16.0 Å². The molecule has 5 rings (SSSR count). The van der Waals surface area contributed by atoms with Crippen LogP contribution in [0, 0.1) is 6.92 Å². The molecule has 0 radical (unpaired) electrons. The lowest BCUT2D eigenvalue weighted by atomic mass is 10.1. The Morgan fingerprint density at radius 3 is 2.56 bits per heavy atom. The molecule has 39 heavy (non-hydrogen) atoms. The van der Waals surface area contributed by atoms with E-state index >= 15 is 0 Å². The van der Waals surface area contributed by atoms with Gasteiger partial charge in [-0.15, -0.1) is 5.10 Å². The fourth-order valence-electron chi connectivity index (χ4n) is 4.45. The smallest absolute Gasteiger partial charge is 0.375 e. The van der Waals surface area contributed by atoms with Crippen molar-refractivity contribution in [3.63, 3.8) is 0 Å². The van der Waals surface area contributed by atoms with Crippen LogP contribution >= 0.6 is 11.3 Å². The number of amides is 1. The number of anilines is 3. The zero-order chi connectivity index (χ0) is 27.7. The highest BCUT2D eigenvalue weighted by Gasteiger charge is 2.32. The summed E-state index contributed by atoms with van der Waals surface area (Å²) in [6, 6.07) is 8.69. The summed E-state index contributed by atoms with van der Waals surface area (Å²) in [5.74, 6) is -0.534. The monoisotopic (exact) mass is 556 g/mol. The third-order valence-electron chi connectivity index (χ3n) is 6.68. The number of carbonyl (C=O) groups excluding carboxylic acids is 1. The molecule has 1 amide bonds. The number of nitrogen functional groups attached to an aromatic ring is 1. The predicted octanol–water partition coefficient (Wildman–Crippen LogP) is 4.69. The van der Waals surface area contributed by atoms with Crippen molar-refractivity contribution in [3.8, 4) is 16.3 Å². The van der Waals surface area contributed by atoms with Crippen LogP contribution in [0.1, 0.15) is 28.4 Å². The summed E-state index contributed by atoms with van der Waals surface area (Å²) >= 11 is 1.28. The standard InChI is InChI=1S/C26H27F3N8OS/c1-3-35-6-8-36(9-7-35)20-12-18(26(27,28)29)11-19(13-20)32-24(38)17-5-4-16(2)22(10-17)37-15-21(33-34-37)23-14-31-25(30)39-23/h4-5,10-15H,3,6-9H2,1-2H3,(H2,30,31)(H,32,38). The van der Waals surface area contributed by atoms with Gasteiger partial charge in [0.15, 0.2) is 5.13 Å². The van der Waals surface area contributed by atoms with E-state index in [0.29, 0.717) is 35.3 Å². The van der Waals surface area contributed by atoms with Crippen molar-refractivity contribution in [3.05, 3.63) is 65.5 Å². The lowest BCUT2D eigenvalue weighted by molar-refractivity contribution is -0.137. The van der Waals surface area contributed by atoms with E-state index in [1.807, 2.05) is 11.8 Å². The molecule has 3 heterocycles. The first kappa shape index (κ1) is 26.6. The first-order chi connectivity index (χ1) is 18.6. The van der Waals surface area contributed by atoms with Crippen LogP contribution in [-0.2, 0) is 6.18 Å². The minimum atomic E-state index is -4.55. The first-order valence-corrected chi connectivity index (χ1v) is 13.2. The summed E-state index contributed by atoms with van der Waals surface area (Å²) in [6.07, 6.45) is -1.24. The van der Waals surface area contributed by atoms with Gasteiger partial charge in [0.25, 0.3) is 5.91 Å². The largest absolute Gasteiger partial charge is 0.416 e. The number of rotatable bonds is 6. The molecule has 1 aliphatic heterocycles. The number of hydrogen-bond donors (Lipinski definition) is 2. The average molecular weight is 557 g/mol. The highest BCUT2D eigenvalue weighted by molar-refractivity contribution is 7.18. The number of carbonyl (C=O) groups is 1. The molecule has 4 aromatic rings. The van der Waals surface area contributed by atoms with Crippen molar-refractivity contribution in [2.24, 2.45) is 0 Å². The number of aromatic nitrogens is 4. The van der Waals surface area contributed by atoms with Gasteiger partial charge in [0.05, 0.1) is 22.3 Å². The Balaban J connectivity index is 1.40. The lowest BCUT2D eigenvalue weighted by Crippen LogP contribution is -2.46. The molecule has 0 spiro atoms. The first-order valence-electron chi connectivity index (χ1n) is 12.4. The Morgan fingerprint density at radius 1 is 1.13 bits per heavy atom. The SMILES string of the molecule is CCN1CCN(c2cc(NC(=O)c3ccc(C)c(-n4cc(-c5cnc(N)s5)nn4)c3)cc(C(F)(F)F)c2)CC1. The fraction of sp³-hybridized carbons (Fsp3) is 0.308. The van der Waals surface area contributed by atoms with E-state index in [-0.39, 0.29) is 11.3 Å². The normalized spacial score (nSPS) is 14.5. The maximum atomic E-state index is 13.7. The Hall–Kier alpha value is -3.97. The molecule has 204 valence electrons. The number of aryl methyl sites for hydroxylation is 1. The van der Waals surface area contributed by atoms with Gasteiger partial charge in [-0.3, -0.25) is 4.79 Å². The number of halogens is 3. The number of piperazine rings is 1. The van der Waals surface area contributed by atoms with Crippen molar-refractivity contribution in [2.45, 2.75) is 20.0 Å². The van der Waals surface area contributed by atoms with E-state index in [1.54, 1.807) is 36.7 Å². The van der Waals surface area contributed by atoms with Gasteiger partial charge >= 0.3 is 6.18 Å². The third-order valence-corrected chi connectivity index (χ3v) is 7.52. The lowest BCUT2D eigenvalue weighted by Gasteiger charge is -2.36. The third kappa shape index (κ3) is 5.88. The highest BCUT2D eigenvalue weighted by Crippen LogP contribution is 2.35. The Morgan fingerprint density at radius 2 is 1.90 bits per heavy atom. The Kier molecular flexibility index (Phi) is 7.28. The molecule has 2 aromatic heterocycles. The predicted molar refractivity (Wildman–Crippen MR) is 145 cm³/mol. The van der Waals surface area contributed by atoms with Gasteiger partial charge in [-0.05, 0) is 49.4 Å². The van der Waals surface area contributed by atoms with Gasteiger partial charge in [0.2, 0.25) is 0 Å². The summed E-state index contributed by atoms with van der Waals surface area (Å²) in [6.45, 7) is 7.56. The zero-order valence-corrected chi connectivity index (χ0v) is 22.2. The summed E-state index contributed by atoms with van der Waals surface area (Å²) in [5.41, 5.74) is 7.70. The molecule has 0 aliphatic carbocycles. The number of nitrogens with two attached hydrogens (primary N) is 1. The molecule has 1 fully saturated rings. The van der Waals surface area contributed by atoms with Crippen LogP contribution in [0.5, 0.6) is 0 Å². The molecular weight excluding hydrogens is 529 g/mol. The second-order valence-corrected chi connectivity index (χ2v) is 10.3. The van der Waals surface area contributed by atoms with E-state index in [2.05, 4.69) is 32.4 Å². The van der Waals surface area contributed by atoms with Crippen molar-refractivity contribution in [2.75, 3.05) is 48.7 Å². The number of benzene rings is 2. The maximum Gasteiger partial charge on any atom is 0.416 e. The number of nitrogens with one attached hydrogen (secondary N) is 1. The van der Waals surface area contributed by atoms with Crippen LogP contribution in [0.2, 0.25) is 0 Å². The van der Waals surface area contributed by atoms with Crippen LogP contribution in [-0.4, -0.2) is 63.5 Å². The fourth-order valence-corrected chi connectivity index (χ4v) is 5.09. The molecule has 1 saturated heterocycles. The molecule has 9 nitrogen and oxygen atoms in total. The van der Waals surface area contributed by atoms with Crippen LogP contribution in [0.3, 0.4) is 0 Å². The molecule has 0 atom stereocenters. The molecular formula is C26H27F3N8OS. The van der Waals surface area contributed by atoms with E-state index in [1.165, 1.54) is 16.0 Å². The second kappa shape index (κ2) is 10.7. The van der Waals surface area contributed by atoms with E-state index in [9.17, 15) is 18.0 Å². The summed E-state index contributed by atoms with van der Waals surface area (Å²) in [7, 11) is 0. The minimum Gasteiger partial charge on any atom is -0.375 e. The zero-order valence-electron chi connectivity index (χ0n) is 21.4. The van der Waals surface area contributed by atoms with Crippen molar-refractivity contribution < 1.29 is 18.0 Å². The minimum absolute atomic E-state index is 0.0793. The second-order valence-electron chi connectivity index (χ2n) is 9.25. The number of nitrogens with zero attached hydrogens (tertiary/aromatic N) is 6. The van der Waals surface area contributed by atoms with Crippen molar-refractivity contribution in [1.29, 1.82) is 0 Å². The van der Waals surface area contributed by atoms with Gasteiger partial charge in [-0.25, -0.2) is 9.67 Å². The van der Waals surface area contributed by atoms with Gasteiger partial charge in [-0.1, -0.05) is 29.5 Å². The number of alkyl halides is 3. The van der Waals surface area contributed by atoms with Gasteiger partial charge in [0.1, 0.15) is 5.69 Å². The summed E-state index contributed by atoms with van der Waals surface area (Å²) in [5, 5.41) is 11.4. The molecule has 1 aliphatic rings. The van der Waals surface area contributed by atoms with E-state index in [4.69, 9.17) is 5.73 Å². The summed E-state index contributed by atoms with van der Waals surface area (Å²) in [4.78, 5) is 22.1. The van der Waals surface area contributed by atoms with Crippen molar-refractivity contribution >= 4 is 33.8 Å². The highest BCUT2D eigenvalue weighted by atomic mass is 32.1. The van der Waals surface area contributed by atoms with Crippen LogP contribution in [0.25, 0.3) is 16.3 Å². The van der Waals surface area contributed by atoms with Crippen LogP contribution in [0.15, 0.2) is 48.8 Å². The number of likely N-dealkylation sites (N-methyl/N-ethyl adjacent to an activating group) is 1. The summed E-state index contributed by atoms with van der Waals surface area (Å²) < 4.78 is 42.8. The molecule has 0 bridgehead atoms. The number of thiazole rings is 1. The van der Waals surface area contributed by atoms with Crippen LogP contribution in [0.4, 0.5) is 29.7 Å². The molecule has 0 unspecified atom stereocenters. The average Bonchev–Trinajstić information content (AvgIpc) is 3.57. The van der Waals surface area contributed by atoms with Gasteiger partial charge < -0.3 is 20.9 Å². The maximum absolute atomic E-state index is 13.7. The van der Waals surface area contributed by atoms with Gasteiger partial charge in [0, 0.05) is 49.3 Å². The Bertz CT molecular complexity index is 1490. The number of hydrogen-bond acceptors (Lipinski definition) is 8. The van der Waals surface area contributed by atoms with E-state index < -0.39 is 17.6 Å². The van der Waals surface area contributed by atoms with Crippen molar-refractivity contribution in [1.82, 2.24) is 24.9 Å². The molecule has 2 aromatic carbocycles. The molecule has 13 heteroatoms. The quantitative estimate of drug-likeness (QED) is 0.355. The van der Waals surface area contributed by atoms with E-state index in [0.717, 1.165) is 42.2 Å². The topological polar surface area (TPSA) is 105 Å².